The second-order valence-corrected chi connectivity index (χ2v) is 2.87. The van der Waals surface area contributed by atoms with Crippen LogP contribution in [0.15, 0.2) is 18.2 Å². The van der Waals surface area contributed by atoms with Gasteiger partial charge in [0.25, 0.3) is 0 Å². The lowest BCUT2D eigenvalue weighted by Gasteiger charge is -2.02. The van der Waals surface area contributed by atoms with Crippen molar-refractivity contribution in [3.63, 3.8) is 0 Å². The van der Waals surface area contributed by atoms with E-state index in [2.05, 4.69) is 0 Å². The maximum absolute atomic E-state index is 9.24. The molecule has 0 amide bonds. The normalized spacial score (nSPS) is 20.9. The quantitative estimate of drug-likeness (QED) is 0.643. The Balaban J connectivity index is 2.33. The molecule has 0 aromatic heterocycles. The maximum Gasteiger partial charge on any atom is 0.121 e. The van der Waals surface area contributed by atoms with E-state index >= 15 is 0 Å². The van der Waals surface area contributed by atoms with Gasteiger partial charge in [-0.05, 0) is 17.7 Å². The minimum Gasteiger partial charge on any atom is -0.508 e. The SMILES string of the molecule is OCc1cc(C2CO2)ccc1O. The minimum absolute atomic E-state index is 0.133. The summed E-state index contributed by atoms with van der Waals surface area (Å²) in [5.41, 5.74) is 1.58. The number of aliphatic hydroxyl groups is 1. The molecule has 0 radical (unpaired) electrons. The first-order chi connectivity index (χ1) is 5.81. The molecule has 2 rings (SSSR count). The predicted octanol–water partition coefficient (Wildman–Crippen LogP) is 0.956. The lowest BCUT2D eigenvalue weighted by atomic mass is 10.1. The molecule has 2 N–H and O–H groups in total. The number of ether oxygens (including phenoxy) is 1. The Bertz CT molecular complexity index is 292. The van der Waals surface area contributed by atoms with Crippen molar-refractivity contribution < 1.29 is 14.9 Å². The van der Waals surface area contributed by atoms with E-state index in [1.807, 2.05) is 6.07 Å². The van der Waals surface area contributed by atoms with Gasteiger partial charge in [0.15, 0.2) is 0 Å². The fourth-order valence-corrected chi connectivity index (χ4v) is 1.17. The van der Waals surface area contributed by atoms with Gasteiger partial charge in [-0.1, -0.05) is 6.07 Å². The fraction of sp³-hybridized carbons (Fsp3) is 0.333. The molecule has 1 aromatic rings. The largest absolute Gasteiger partial charge is 0.508 e. The summed E-state index contributed by atoms with van der Waals surface area (Å²) >= 11 is 0. The van der Waals surface area contributed by atoms with Gasteiger partial charge in [-0.3, -0.25) is 0 Å². The smallest absolute Gasteiger partial charge is 0.121 e. The average molecular weight is 166 g/mol. The minimum atomic E-state index is -0.133. The molecule has 12 heavy (non-hydrogen) atoms. The van der Waals surface area contributed by atoms with Gasteiger partial charge in [-0.15, -0.1) is 0 Å². The van der Waals surface area contributed by atoms with Gasteiger partial charge in [0.1, 0.15) is 11.9 Å². The summed E-state index contributed by atoms with van der Waals surface area (Å²) in [4.78, 5) is 0. The third-order valence-electron chi connectivity index (χ3n) is 1.98. The maximum atomic E-state index is 9.24. The standard InChI is InChI=1S/C9H10O3/c10-4-7-3-6(9-5-12-9)1-2-8(7)11/h1-3,9-11H,4-5H2. The van der Waals surface area contributed by atoms with E-state index in [4.69, 9.17) is 9.84 Å². The van der Waals surface area contributed by atoms with Crippen LogP contribution >= 0.6 is 0 Å². The molecule has 0 bridgehead atoms. The molecule has 1 aliphatic heterocycles. The van der Waals surface area contributed by atoms with Gasteiger partial charge in [-0.25, -0.2) is 0 Å². The Morgan fingerprint density at radius 1 is 1.50 bits per heavy atom. The highest BCUT2D eigenvalue weighted by atomic mass is 16.6. The number of aliphatic hydroxyl groups excluding tert-OH is 1. The zero-order chi connectivity index (χ0) is 8.55. The van der Waals surface area contributed by atoms with Crippen molar-refractivity contribution in [2.45, 2.75) is 12.7 Å². The van der Waals surface area contributed by atoms with Crippen molar-refractivity contribution >= 4 is 0 Å². The van der Waals surface area contributed by atoms with Gasteiger partial charge in [0.05, 0.1) is 13.2 Å². The Hall–Kier alpha value is -1.06. The fourth-order valence-electron chi connectivity index (χ4n) is 1.17. The number of rotatable bonds is 2. The number of benzene rings is 1. The molecule has 64 valence electrons. The van der Waals surface area contributed by atoms with Crippen LogP contribution in [0.4, 0.5) is 0 Å². The molecule has 0 saturated carbocycles. The van der Waals surface area contributed by atoms with Crippen LogP contribution < -0.4 is 0 Å². The highest BCUT2D eigenvalue weighted by molar-refractivity contribution is 5.37. The first-order valence-corrected chi connectivity index (χ1v) is 3.85. The average Bonchev–Trinajstić information content (AvgIpc) is 2.88. The third kappa shape index (κ3) is 1.29. The summed E-state index contributed by atoms with van der Waals surface area (Å²) in [6, 6.07) is 5.17. The summed E-state index contributed by atoms with van der Waals surface area (Å²) in [6.07, 6.45) is 0.177. The highest BCUT2D eigenvalue weighted by Gasteiger charge is 2.25. The van der Waals surface area contributed by atoms with Gasteiger partial charge < -0.3 is 14.9 Å². The first kappa shape index (κ1) is 7.58. The summed E-state index contributed by atoms with van der Waals surface area (Å²) in [7, 11) is 0. The molecule has 1 fully saturated rings. The van der Waals surface area contributed by atoms with Crippen molar-refractivity contribution in [3.05, 3.63) is 29.3 Å². The predicted molar refractivity (Wildman–Crippen MR) is 42.7 cm³/mol. The molecule has 1 saturated heterocycles. The number of epoxide rings is 1. The Morgan fingerprint density at radius 3 is 2.83 bits per heavy atom. The highest BCUT2D eigenvalue weighted by Crippen LogP contribution is 2.32. The molecule has 0 aliphatic carbocycles. The van der Waals surface area contributed by atoms with Crippen molar-refractivity contribution in [2.75, 3.05) is 6.61 Å². The Morgan fingerprint density at radius 2 is 2.25 bits per heavy atom. The lowest BCUT2D eigenvalue weighted by Crippen LogP contribution is -1.87. The molecular weight excluding hydrogens is 156 g/mol. The second-order valence-electron chi connectivity index (χ2n) is 2.87. The summed E-state index contributed by atoms with van der Waals surface area (Å²) in [5.74, 6) is 0.141. The van der Waals surface area contributed by atoms with Crippen LogP contribution in [-0.4, -0.2) is 16.8 Å². The van der Waals surface area contributed by atoms with E-state index in [0.717, 1.165) is 12.2 Å². The topological polar surface area (TPSA) is 53.0 Å². The van der Waals surface area contributed by atoms with Gasteiger partial charge >= 0.3 is 0 Å². The van der Waals surface area contributed by atoms with Crippen LogP contribution in [-0.2, 0) is 11.3 Å². The van der Waals surface area contributed by atoms with Crippen molar-refractivity contribution in [3.8, 4) is 5.75 Å². The number of aromatic hydroxyl groups is 1. The van der Waals surface area contributed by atoms with Crippen LogP contribution in [0.2, 0.25) is 0 Å². The van der Waals surface area contributed by atoms with E-state index in [-0.39, 0.29) is 18.5 Å². The van der Waals surface area contributed by atoms with E-state index in [0.29, 0.717) is 5.56 Å². The number of hydrogen-bond acceptors (Lipinski definition) is 3. The van der Waals surface area contributed by atoms with E-state index in [1.54, 1.807) is 12.1 Å². The molecule has 3 heteroatoms. The summed E-state index contributed by atoms with van der Waals surface area (Å²) in [6.45, 7) is 0.613. The Kier molecular flexibility index (Phi) is 1.75. The van der Waals surface area contributed by atoms with Crippen LogP contribution in [0.3, 0.4) is 0 Å². The summed E-state index contributed by atoms with van der Waals surface area (Å²) in [5, 5.41) is 18.1. The molecule has 0 spiro atoms. The first-order valence-electron chi connectivity index (χ1n) is 3.85. The van der Waals surface area contributed by atoms with Gasteiger partial charge in [0.2, 0.25) is 0 Å². The van der Waals surface area contributed by atoms with Gasteiger partial charge in [0, 0.05) is 5.56 Å². The van der Waals surface area contributed by atoms with E-state index in [1.165, 1.54) is 0 Å². The molecule has 1 unspecified atom stereocenters. The van der Waals surface area contributed by atoms with Crippen LogP contribution in [0.5, 0.6) is 5.75 Å². The molecule has 1 atom stereocenters. The molecule has 1 aliphatic rings. The third-order valence-corrected chi connectivity index (χ3v) is 1.98. The molecular formula is C9H10O3. The van der Waals surface area contributed by atoms with Crippen LogP contribution in [0.25, 0.3) is 0 Å². The number of phenols is 1. The summed E-state index contributed by atoms with van der Waals surface area (Å²) < 4.78 is 5.07. The van der Waals surface area contributed by atoms with Crippen LogP contribution in [0, 0.1) is 0 Å². The lowest BCUT2D eigenvalue weighted by molar-refractivity contribution is 0.275. The zero-order valence-electron chi connectivity index (χ0n) is 6.53. The van der Waals surface area contributed by atoms with Crippen molar-refractivity contribution in [1.82, 2.24) is 0 Å². The molecule has 1 heterocycles. The van der Waals surface area contributed by atoms with Crippen LogP contribution in [0.1, 0.15) is 17.2 Å². The van der Waals surface area contributed by atoms with E-state index in [9.17, 15) is 5.11 Å². The Labute approximate surface area is 70.2 Å². The van der Waals surface area contributed by atoms with Gasteiger partial charge in [-0.2, -0.15) is 0 Å². The zero-order valence-corrected chi connectivity index (χ0v) is 6.53. The second kappa shape index (κ2) is 2.77. The molecule has 3 nitrogen and oxygen atoms in total. The number of hydrogen-bond donors (Lipinski definition) is 2. The van der Waals surface area contributed by atoms with E-state index < -0.39 is 0 Å². The van der Waals surface area contributed by atoms with Crippen molar-refractivity contribution in [2.24, 2.45) is 0 Å². The monoisotopic (exact) mass is 166 g/mol. The van der Waals surface area contributed by atoms with Crippen molar-refractivity contribution in [1.29, 1.82) is 0 Å². The molecule has 1 aromatic carbocycles.